The van der Waals surface area contributed by atoms with Gasteiger partial charge in [0.2, 0.25) is 11.8 Å². The molecule has 2 aromatic carbocycles. The summed E-state index contributed by atoms with van der Waals surface area (Å²) in [7, 11) is 0. The molecule has 2 fully saturated rings. The van der Waals surface area contributed by atoms with Gasteiger partial charge in [0.15, 0.2) is 0 Å². The summed E-state index contributed by atoms with van der Waals surface area (Å²) in [5.41, 5.74) is 6.11. The highest BCUT2D eigenvalue weighted by molar-refractivity contribution is 6.01. The average molecular weight is 394 g/mol. The molecule has 0 unspecified atom stereocenters. The molecule has 0 aliphatic carbocycles. The van der Waals surface area contributed by atoms with E-state index in [4.69, 9.17) is 5.73 Å². The predicted octanol–water partition coefficient (Wildman–Crippen LogP) is 1.12. The van der Waals surface area contributed by atoms with Gasteiger partial charge in [0.1, 0.15) is 12.1 Å². The molecule has 2 heterocycles. The number of nitrogens with two attached hydrogens (primary N) is 1. The summed E-state index contributed by atoms with van der Waals surface area (Å²) in [6, 6.07) is 12.4. The highest BCUT2D eigenvalue weighted by Gasteiger charge is 2.44. The number of piperazine rings is 2. The van der Waals surface area contributed by atoms with Crippen molar-refractivity contribution in [3.8, 4) is 0 Å². The predicted molar refractivity (Wildman–Crippen MR) is 110 cm³/mol. The monoisotopic (exact) mass is 394 g/mol. The molecule has 3 amide bonds. The lowest BCUT2D eigenvalue weighted by Crippen LogP contribution is -2.69. The topological polar surface area (TPSA) is 95.7 Å². The fourth-order valence-electron chi connectivity index (χ4n) is 4.18. The third kappa shape index (κ3) is 3.82. The molecule has 7 heteroatoms. The third-order valence-electron chi connectivity index (χ3n) is 5.81. The van der Waals surface area contributed by atoms with E-state index in [1.54, 1.807) is 9.80 Å². The first-order valence-electron chi connectivity index (χ1n) is 10.2. The number of nitrogens with zero attached hydrogens (tertiary/aromatic N) is 2. The van der Waals surface area contributed by atoms with E-state index in [0.29, 0.717) is 31.6 Å². The standard InChI is InChI=1S/C22H26N4O3/c23-10-4-3-7-18-22(29)26-12-11-25(14-19(26)20(27)24-18)21(28)17-9-8-15-5-1-2-6-16(15)13-17/h1-2,5-6,8-9,13,18-19H,3-4,7,10-12,14,23H2,(H,24,27)/t18-,19+/m0/s1. The maximum absolute atomic E-state index is 13.0. The van der Waals surface area contributed by atoms with Crippen LogP contribution in [0.3, 0.4) is 0 Å². The largest absolute Gasteiger partial charge is 0.342 e. The SMILES string of the molecule is NCCCC[C@@H]1NC(=O)[C@H]2CN(C(=O)c3ccc4ccccc4c3)CCN2C1=O. The van der Waals surface area contributed by atoms with Crippen LogP contribution in [-0.2, 0) is 9.59 Å². The zero-order chi connectivity index (χ0) is 20.4. The zero-order valence-electron chi connectivity index (χ0n) is 16.3. The van der Waals surface area contributed by atoms with Gasteiger partial charge >= 0.3 is 0 Å². The van der Waals surface area contributed by atoms with Gasteiger partial charge in [-0.2, -0.15) is 0 Å². The van der Waals surface area contributed by atoms with E-state index in [1.807, 2.05) is 42.5 Å². The molecule has 2 atom stereocenters. The van der Waals surface area contributed by atoms with Crippen molar-refractivity contribution in [3.05, 3.63) is 48.0 Å². The molecule has 2 aromatic rings. The Morgan fingerprint density at radius 2 is 1.86 bits per heavy atom. The van der Waals surface area contributed by atoms with Crippen LogP contribution in [0.15, 0.2) is 42.5 Å². The van der Waals surface area contributed by atoms with E-state index in [9.17, 15) is 14.4 Å². The van der Waals surface area contributed by atoms with Crippen molar-refractivity contribution in [1.29, 1.82) is 0 Å². The van der Waals surface area contributed by atoms with Crippen molar-refractivity contribution in [2.75, 3.05) is 26.2 Å². The molecular weight excluding hydrogens is 368 g/mol. The number of rotatable bonds is 5. The second kappa shape index (κ2) is 8.21. The second-order valence-corrected chi connectivity index (χ2v) is 7.71. The van der Waals surface area contributed by atoms with Crippen molar-refractivity contribution in [3.63, 3.8) is 0 Å². The summed E-state index contributed by atoms with van der Waals surface area (Å²) < 4.78 is 0. The van der Waals surface area contributed by atoms with Crippen LogP contribution in [0.1, 0.15) is 29.6 Å². The Hall–Kier alpha value is -2.93. The normalized spacial score (nSPS) is 21.8. The summed E-state index contributed by atoms with van der Waals surface area (Å²) in [6.45, 7) is 1.60. The van der Waals surface area contributed by atoms with Crippen molar-refractivity contribution in [1.82, 2.24) is 15.1 Å². The Morgan fingerprint density at radius 1 is 1.07 bits per heavy atom. The van der Waals surface area contributed by atoms with Gasteiger partial charge in [0.05, 0.1) is 6.54 Å². The highest BCUT2D eigenvalue weighted by Crippen LogP contribution is 2.22. The molecule has 2 aliphatic rings. The lowest BCUT2D eigenvalue weighted by Gasteiger charge is -2.45. The zero-order valence-corrected chi connectivity index (χ0v) is 16.3. The second-order valence-electron chi connectivity index (χ2n) is 7.71. The van der Waals surface area contributed by atoms with Crippen LogP contribution in [0.2, 0.25) is 0 Å². The molecule has 152 valence electrons. The van der Waals surface area contributed by atoms with Crippen LogP contribution in [0.4, 0.5) is 0 Å². The van der Waals surface area contributed by atoms with E-state index < -0.39 is 12.1 Å². The Labute approximate surface area is 169 Å². The van der Waals surface area contributed by atoms with Crippen LogP contribution in [-0.4, -0.2) is 65.8 Å². The molecule has 0 saturated carbocycles. The summed E-state index contributed by atoms with van der Waals surface area (Å²) in [4.78, 5) is 41.7. The number of carbonyl (C=O) groups is 3. The molecule has 3 N–H and O–H groups in total. The number of amides is 3. The smallest absolute Gasteiger partial charge is 0.254 e. The number of unbranched alkanes of at least 4 members (excludes halogenated alkanes) is 1. The fraction of sp³-hybridized carbons (Fsp3) is 0.409. The summed E-state index contributed by atoms with van der Waals surface area (Å²) in [6.07, 6.45) is 2.24. The van der Waals surface area contributed by atoms with Crippen molar-refractivity contribution < 1.29 is 14.4 Å². The van der Waals surface area contributed by atoms with Crippen LogP contribution in [0.25, 0.3) is 10.8 Å². The molecule has 0 bridgehead atoms. The molecule has 2 saturated heterocycles. The molecule has 0 aromatic heterocycles. The van der Waals surface area contributed by atoms with E-state index in [1.165, 1.54) is 0 Å². The number of nitrogens with one attached hydrogen (secondary N) is 1. The van der Waals surface area contributed by atoms with E-state index in [-0.39, 0.29) is 24.3 Å². The molecule has 4 rings (SSSR count). The minimum absolute atomic E-state index is 0.0515. The Kier molecular flexibility index (Phi) is 5.49. The molecule has 7 nitrogen and oxygen atoms in total. The Bertz CT molecular complexity index is 945. The van der Waals surface area contributed by atoms with Crippen molar-refractivity contribution in [2.45, 2.75) is 31.3 Å². The molecule has 0 radical (unpaired) electrons. The Balaban J connectivity index is 1.46. The third-order valence-corrected chi connectivity index (χ3v) is 5.81. The van der Waals surface area contributed by atoms with Crippen LogP contribution >= 0.6 is 0 Å². The van der Waals surface area contributed by atoms with Crippen LogP contribution in [0, 0.1) is 0 Å². The molecule has 29 heavy (non-hydrogen) atoms. The summed E-state index contributed by atoms with van der Waals surface area (Å²) in [5, 5.41) is 4.92. The van der Waals surface area contributed by atoms with Gasteiger partial charge in [-0.1, -0.05) is 30.3 Å². The van der Waals surface area contributed by atoms with Crippen LogP contribution in [0.5, 0.6) is 0 Å². The maximum Gasteiger partial charge on any atom is 0.254 e. The minimum Gasteiger partial charge on any atom is -0.342 e. The summed E-state index contributed by atoms with van der Waals surface area (Å²) >= 11 is 0. The first-order chi connectivity index (χ1) is 14.1. The first kappa shape index (κ1) is 19.4. The first-order valence-corrected chi connectivity index (χ1v) is 10.2. The van der Waals surface area contributed by atoms with Gasteiger partial charge in [0, 0.05) is 18.7 Å². The lowest BCUT2D eigenvalue weighted by atomic mass is 9.99. The number of carbonyl (C=O) groups excluding carboxylic acids is 3. The lowest BCUT2D eigenvalue weighted by molar-refractivity contribution is -0.152. The number of hydrogen-bond donors (Lipinski definition) is 2. The number of hydrogen-bond acceptors (Lipinski definition) is 4. The minimum atomic E-state index is -0.619. The molecule has 2 aliphatic heterocycles. The number of benzene rings is 2. The maximum atomic E-state index is 13.0. The van der Waals surface area contributed by atoms with Gasteiger partial charge in [-0.15, -0.1) is 0 Å². The van der Waals surface area contributed by atoms with Crippen molar-refractivity contribution in [2.24, 2.45) is 5.73 Å². The van der Waals surface area contributed by atoms with E-state index in [2.05, 4.69) is 5.32 Å². The fourth-order valence-corrected chi connectivity index (χ4v) is 4.18. The van der Waals surface area contributed by atoms with Gasteiger partial charge in [0.25, 0.3) is 5.91 Å². The van der Waals surface area contributed by atoms with Crippen LogP contribution < -0.4 is 11.1 Å². The quantitative estimate of drug-likeness (QED) is 0.743. The van der Waals surface area contributed by atoms with Gasteiger partial charge in [-0.3, -0.25) is 14.4 Å². The van der Waals surface area contributed by atoms with Gasteiger partial charge in [-0.25, -0.2) is 0 Å². The number of fused-ring (bicyclic) bond motifs is 2. The Morgan fingerprint density at radius 3 is 2.66 bits per heavy atom. The molecular formula is C22H26N4O3. The van der Waals surface area contributed by atoms with E-state index in [0.717, 1.165) is 23.6 Å². The van der Waals surface area contributed by atoms with E-state index >= 15 is 0 Å². The summed E-state index contributed by atoms with van der Waals surface area (Å²) in [5.74, 6) is -0.344. The van der Waals surface area contributed by atoms with Gasteiger partial charge < -0.3 is 20.9 Å². The van der Waals surface area contributed by atoms with Crippen molar-refractivity contribution >= 4 is 28.5 Å². The average Bonchev–Trinajstić information content (AvgIpc) is 2.76. The van der Waals surface area contributed by atoms with Gasteiger partial charge in [-0.05, 0) is 48.7 Å². The molecule has 0 spiro atoms. The highest BCUT2D eigenvalue weighted by atomic mass is 16.2.